The molecule has 0 unspecified atom stereocenters. The molecule has 3 aromatic carbocycles. The number of para-hydroxylation sites is 1. The average molecular weight is 321 g/mol. The molecule has 1 heterocycles. The molecule has 0 atom stereocenters. The van der Waals surface area contributed by atoms with Gasteiger partial charge in [0.2, 0.25) is 0 Å². The molecule has 0 saturated heterocycles. The number of methoxy groups -OCH3 is 1. The van der Waals surface area contributed by atoms with Crippen molar-refractivity contribution < 1.29 is 13.5 Å². The zero-order valence-corrected chi connectivity index (χ0v) is 13.2. The molecule has 24 heavy (non-hydrogen) atoms. The zero-order chi connectivity index (χ0) is 16.5. The number of halogens is 1. The molecular weight excluding hydrogens is 305 g/mol. The first-order valence-electron chi connectivity index (χ1n) is 7.72. The Morgan fingerprint density at radius 1 is 0.958 bits per heavy atom. The summed E-state index contributed by atoms with van der Waals surface area (Å²) in [6.07, 6.45) is 0. The number of anilines is 1. The summed E-state index contributed by atoms with van der Waals surface area (Å²) in [5.41, 5.74) is 3.55. The maximum atomic E-state index is 13.8. The number of furan rings is 1. The van der Waals surface area contributed by atoms with Crippen molar-refractivity contribution >= 4 is 27.6 Å². The molecule has 3 nitrogen and oxygen atoms in total. The van der Waals surface area contributed by atoms with Crippen LogP contribution in [0.1, 0.15) is 5.56 Å². The summed E-state index contributed by atoms with van der Waals surface area (Å²) in [6.45, 7) is 0.530. The van der Waals surface area contributed by atoms with Gasteiger partial charge in [0.25, 0.3) is 0 Å². The molecular formula is C20H16FNO2. The average Bonchev–Trinajstić information content (AvgIpc) is 2.98. The Bertz CT molecular complexity index is 1020. The molecule has 0 radical (unpaired) electrons. The van der Waals surface area contributed by atoms with E-state index in [0.717, 1.165) is 33.2 Å². The third-order valence-electron chi connectivity index (χ3n) is 4.09. The van der Waals surface area contributed by atoms with E-state index in [1.54, 1.807) is 6.07 Å². The molecule has 120 valence electrons. The van der Waals surface area contributed by atoms with Gasteiger partial charge in [-0.05, 0) is 42.0 Å². The van der Waals surface area contributed by atoms with Crippen LogP contribution in [0.25, 0.3) is 21.9 Å². The zero-order valence-electron chi connectivity index (χ0n) is 13.2. The molecule has 0 amide bonds. The SMILES string of the molecule is COc1ccc(CNc2ccc3oc4ccccc4c3c2)cc1F. The highest BCUT2D eigenvalue weighted by atomic mass is 19.1. The van der Waals surface area contributed by atoms with Crippen molar-refractivity contribution in [2.24, 2.45) is 0 Å². The molecule has 1 aromatic heterocycles. The van der Waals surface area contributed by atoms with E-state index in [4.69, 9.17) is 9.15 Å². The summed E-state index contributed by atoms with van der Waals surface area (Å²) < 4.78 is 24.5. The fourth-order valence-electron chi connectivity index (χ4n) is 2.86. The van der Waals surface area contributed by atoms with Gasteiger partial charge in [0.15, 0.2) is 11.6 Å². The molecule has 4 heteroatoms. The van der Waals surface area contributed by atoms with Crippen molar-refractivity contribution in [3.05, 3.63) is 72.0 Å². The van der Waals surface area contributed by atoms with Crippen molar-refractivity contribution in [2.45, 2.75) is 6.54 Å². The summed E-state index contributed by atoms with van der Waals surface area (Å²) in [5.74, 6) is -0.0990. The van der Waals surface area contributed by atoms with Crippen LogP contribution in [0.15, 0.2) is 65.1 Å². The summed E-state index contributed by atoms with van der Waals surface area (Å²) in [5, 5.41) is 5.48. The lowest BCUT2D eigenvalue weighted by Gasteiger charge is -2.08. The summed E-state index contributed by atoms with van der Waals surface area (Å²) in [7, 11) is 1.46. The Kier molecular flexibility index (Phi) is 3.58. The Morgan fingerprint density at radius 3 is 2.62 bits per heavy atom. The van der Waals surface area contributed by atoms with E-state index in [-0.39, 0.29) is 11.6 Å². The van der Waals surface area contributed by atoms with Crippen LogP contribution in [0.3, 0.4) is 0 Å². The van der Waals surface area contributed by atoms with Crippen LogP contribution in [0.2, 0.25) is 0 Å². The van der Waals surface area contributed by atoms with Gasteiger partial charge in [-0.25, -0.2) is 4.39 Å². The van der Waals surface area contributed by atoms with Crippen molar-refractivity contribution in [3.63, 3.8) is 0 Å². The molecule has 0 spiro atoms. The summed E-state index contributed by atoms with van der Waals surface area (Å²) >= 11 is 0. The van der Waals surface area contributed by atoms with Crippen LogP contribution in [0, 0.1) is 5.82 Å². The highest BCUT2D eigenvalue weighted by Gasteiger charge is 2.07. The van der Waals surface area contributed by atoms with Crippen LogP contribution in [0.5, 0.6) is 5.75 Å². The maximum absolute atomic E-state index is 13.8. The van der Waals surface area contributed by atoms with Gasteiger partial charge < -0.3 is 14.5 Å². The van der Waals surface area contributed by atoms with Crippen molar-refractivity contribution in [1.29, 1.82) is 0 Å². The minimum atomic E-state index is -0.354. The summed E-state index contributed by atoms with van der Waals surface area (Å²) in [4.78, 5) is 0. The third kappa shape index (κ3) is 2.56. The van der Waals surface area contributed by atoms with E-state index in [9.17, 15) is 4.39 Å². The smallest absolute Gasteiger partial charge is 0.165 e. The van der Waals surface area contributed by atoms with Crippen LogP contribution < -0.4 is 10.1 Å². The van der Waals surface area contributed by atoms with Crippen molar-refractivity contribution in [2.75, 3.05) is 12.4 Å². The Labute approximate surface area is 138 Å². The topological polar surface area (TPSA) is 34.4 Å². The van der Waals surface area contributed by atoms with Crippen molar-refractivity contribution in [3.8, 4) is 5.75 Å². The Hall–Kier alpha value is -3.01. The van der Waals surface area contributed by atoms with Gasteiger partial charge in [-0.15, -0.1) is 0 Å². The third-order valence-corrected chi connectivity index (χ3v) is 4.09. The number of ether oxygens (including phenoxy) is 1. The van der Waals surface area contributed by atoms with E-state index in [2.05, 4.69) is 11.4 Å². The molecule has 0 aliphatic heterocycles. The van der Waals surface area contributed by atoms with Gasteiger partial charge in [-0.1, -0.05) is 24.3 Å². The van der Waals surface area contributed by atoms with E-state index in [1.807, 2.05) is 42.5 Å². The minimum Gasteiger partial charge on any atom is -0.494 e. The van der Waals surface area contributed by atoms with Gasteiger partial charge in [0, 0.05) is 23.0 Å². The van der Waals surface area contributed by atoms with Crippen LogP contribution in [-0.2, 0) is 6.54 Å². The van der Waals surface area contributed by atoms with Crippen LogP contribution in [0.4, 0.5) is 10.1 Å². The van der Waals surface area contributed by atoms with Gasteiger partial charge >= 0.3 is 0 Å². The molecule has 1 N–H and O–H groups in total. The first kappa shape index (κ1) is 14.6. The number of fused-ring (bicyclic) bond motifs is 3. The molecule has 0 saturated carbocycles. The molecule has 4 aromatic rings. The number of benzene rings is 3. The number of hydrogen-bond acceptors (Lipinski definition) is 3. The minimum absolute atomic E-state index is 0.255. The summed E-state index contributed by atoms with van der Waals surface area (Å²) in [6, 6.07) is 18.9. The van der Waals surface area contributed by atoms with E-state index >= 15 is 0 Å². The van der Waals surface area contributed by atoms with Crippen LogP contribution >= 0.6 is 0 Å². The van der Waals surface area contributed by atoms with Gasteiger partial charge in [-0.3, -0.25) is 0 Å². The second-order valence-electron chi connectivity index (χ2n) is 5.63. The lowest BCUT2D eigenvalue weighted by Crippen LogP contribution is -2.00. The Morgan fingerprint density at radius 2 is 1.79 bits per heavy atom. The number of rotatable bonds is 4. The van der Waals surface area contributed by atoms with Gasteiger partial charge in [0.05, 0.1) is 7.11 Å². The fraction of sp³-hybridized carbons (Fsp3) is 0.100. The molecule has 0 bridgehead atoms. The lowest BCUT2D eigenvalue weighted by molar-refractivity contribution is 0.386. The second kappa shape index (κ2) is 5.89. The Balaban J connectivity index is 1.60. The largest absolute Gasteiger partial charge is 0.494 e. The molecule has 4 rings (SSSR count). The van der Waals surface area contributed by atoms with Gasteiger partial charge in [-0.2, -0.15) is 0 Å². The normalized spacial score (nSPS) is 11.1. The number of hydrogen-bond donors (Lipinski definition) is 1. The van der Waals surface area contributed by atoms with E-state index in [1.165, 1.54) is 13.2 Å². The lowest BCUT2D eigenvalue weighted by atomic mass is 10.1. The monoisotopic (exact) mass is 321 g/mol. The molecule has 0 aliphatic rings. The highest BCUT2D eigenvalue weighted by Crippen LogP contribution is 2.30. The van der Waals surface area contributed by atoms with E-state index in [0.29, 0.717) is 6.54 Å². The quantitative estimate of drug-likeness (QED) is 0.550. The second-order valence-corrected chi connectivity index (χ2v) is 5.63. The van der Waals surface area contributed by atoms with Crippen molar-refractivity contribution in [1.82, 2.24) is 0 Å². The molecule has 0 fully saturated rings. The molecule has 0 aliphatic carbocycles. The van der Waals surface area contributed by atoms with E-state index < -0.39 is 0 Å². The first-order valence-corrected chi connectivity index (χ1v) is 7.72. The maximum Gasteiger partial charge on any atom is 0.165 e. The fourth-order valence-corrected chi connectivity index (χ4v) is 2.86. The predicted molar refractivity (Wildman–Crippen MR) is 94.0 cm³/mol. The van der Waals surface area contributed by atoms with Gasteiger partial charge in [0.1, 0.15) is 11.2 Å². The van der Waals surface area contributed by atoms with Crippen LogP contribution in [-0.4, -0.2) is 7.11 Å². The standard InChI is InChI=1S/C20H16FNO2/c1-23-20-8-6-13(10-17(20)21)12-22-14-7-9-19-16(11-14)15-4-2-3-5-18(15)24-19/h2-11,22H,12H2,1H3. The first-order chi connectivity index (χ1) is 11.7. The highest BCUT2D eigenvalue weighted by molar-refractivity contribution is 6.05. The number of nitrogens with one attached hydrogen (secondary N) is 1. The predicted octanol–water partition coefficient (Wildman–Crippen LogP) is 5.35.